The quantitative estimate of drug-likeness (QED) is 0.561. The number of carbonyl (C=O) groups excluding carboxylic acids is 1. The van der Waals surface area contributed by atoms with Crippen molar-refractivity contribution >= 4 is 23.1 Å². The van der Waals surface area contributed by atoms with Gasteiger partial charge in [0.2, 0.25) is 0 Å². The van der Waals surface area contributed by atoms with Crippen LogP contribution in [-0.4, -0.2) is 103 Å². The summed E-state index contributed by atoms with van der Waals surface area (Å²) in [6.07, 6.45) is 1.34. The topological polar surface area (TPSA) is 146 Å². The summed E-state index contributed by atoms with van der Waals surface area (Å²) in [6, 6.07) is 0. The lowest BCUT2D eigenvalue weighted by Crippen LogP contribution is -2.43. The summed E-state index contributed by atoms with van der Waals surface area (Å²) in [5.74, 6) is 0.706. The lowest BCUT2D eigenvalue weighted by atomic mass is 9.78. The lowest BCUT2D eigenvalue weighted by Gasteiger charge is -2.39. The van der Waals surface area contributed by atoms with E-state index in [1.165, 1.54) is 12.7 Å². The van der Waals surface area contributed by atoms with Crippen LogP contribution in [0.5, 0.6) is 0 Å². The number of anilines is 1. The normalized spacial score (nSPS) is 28.9. The van der Waals surface area contributed by atoms with Gasteiger partial charge in [0.1, 0.15) is 30.2 Å². The number of piperidine rings is 1. The van der Waals surface area contributed by atoms with Crippen molar-refractivity contribution < 1.29 is 29.6 Å². The van der Waals surface area contributed by atoms with E-state index in [2.05, 4.69) is 19.9 Å². The van der Waals surface area contributed by atoms with E-state index in [4.69, 9.17) is 9.47 Å². The maximum atomic E-state index is 12.5. The number of rotatable bonds is 3. The van der Waals surface area contributed by atoms with Crippen molar-refractivity contribution in [1.82, 2.24) is 24.4 Å². The van der Waals surface area contributed by atoms with Crippen molar-refractivity contribution in [1.29, 1.82) is 0 Å². The second-order valence-electron chi connectivity index (χ2n) is 10.9. The number of fused-ring (bicyclic) bond motifs is 1. The van der Waals surface area contributed by atoms with Crippen LogP contribution in [0.4, 0.5) is 10.6 Å². The second-order valence-corrected chi connectivity index (χ2v) is 10.9. The Morgan fingerprint density at radius 1 is 1.14 bits per heavy atom. The Balaban J connectivity index is 1.29. The van der Waals surface area contributed by atoms with E-state index in [0.29, 0.717) is 30.1 Å². The average molecular weight is 491 g/mol. The van der Waals surface area contributed by atoms with Crippen LogP contribution >= 0.6 is 0 Å². The molecule has 0 aliphatic carbocycles. The average Bonchev–Trinajstić information content (AvgIpc) is 3.50. The monoisotopic (exact) mass is 490 g/mol. The van der Waals surface area contributed by atoms with Crippen LogP contribution < -0.4 is 4.90 Å². The third kappa shape index (κ3) is 4.44. The number of aliphatic hydroxyl groups excluding tert-OH is 3. The molecular formula is C23H34N6O6. The molecule has 3 N–H and O–H groups in total. The molecule has 0 aromatic carbocycles. The highest BCUT2D eigenvalue weighted by Crippen LogP contribution is 2.42. The van der Waals surface area contributed by atoms with Gasteiger partial charge in [-0.25, -0.2) is 19.7 Å². The number of hydrogen-bond donors (Lipinski definition) is 3. The van der Waals surface area contributed by atoms with E-state index in [0.717, 1.165) is 32.4 Å². The Bertz CT molecular complexity index is 1080. The number of hydrogen-bond acceptors (Lipinski definition) is 10. The molecule has 12 heteroatoms. The van der Waals surface area contributed by atoms with Gasteiger partial charge in [0.05, 0.1) is 12.9 Å². The summed E-state index contributed by atoms with van der Waals surface area (Å²) in [7, 11) is 0. The standard InChI is InChI=1S/C23H34N6O6/c1-22(2,3)35-21(33)28-9-6-23(11-28)4-7-27(8-5-23)18-15-19(25-12-24-18)29(13-26-15)20-17(32)16(31)14(10-30)34-20/h12-14,16-17,20,30-32H,4-11H2,1-3H3/t14-,16-,17-,20-/m1/s1. The molecule has 1 spiro atoms. The highest BCUT2D eigenvalue weighted by Gasteiger charge is 2.45. The number of nitrogens with zero attached hydrogens (tertiary/aromatic N) is 6. The van der Waals surface area contributed by atoms with Gasteiger partial charge >= 0.3 is 6.09 Å². The summed E-state index contributed by atoms with van der Waals surface area (Å²) in [5.41, 5.74) is 0.648. The van der Waals surface area contributed by atoms with Crippen LogP contribution in [0.25, 0.3) is 11.2 Å². The fourth-order valence-corrected chi connectivity index (χ4v) is 5.39. The fourth-order valence-electron chi connectivity index (χ4n) is 5.39. The number of likely N-dealkylation sites (tertiary alicyclic amines) is 1. The van der Waals surface area contributed by atoms with Gasteiger partial charge in [0, 0.05) is 26.2 Å². The van der Waals surface area contributed by atoms with Gasteiger partial charge < -0.3 is 34.6 Å². The van der Waals surface area contributed by atoms with Gasteiger partial charge in [-0.05, 0) is 45.4 Å². The minimum absolute atomic E-state index is 0.0795. The molecule has 0 bridgehead atoms. The molecule has 0 saturated carbocycles. The molecule has 1 amide bonds. The van der Waals surface area contributed by atoms with Gasteiger partial charge in [0.15, 0.2) is 23.2 Å². The summed E-state index contributed by atoms with van der Waals surface area (Å²) in [5, 5.41) is 29.9. The van der Waals surface area contributed by atoms with Crippen molar-refractivity contribution in [3.05, 3.63) is 12.7 Å². The van der Waals surface area contributed by atoms with Crippen molar-refractivity contribution in [3.63, 3.8) is 0 Å². The molecule has 2 aromatic rings. The minimum Gasteiger partial charge on any atom is -0.444 e. The lowest BCUT2D eigenvalue weighted by molar-refractivity contribution is -0.0511. The maximum Gasteiger partial charge on any atom is 0.410 e. The Kier molecular flexibility index (Phi) is 6.10. The first-order valence-electron chi connectivity index (χ1n) is 12.1. The maximum absolute atomic E-state index is 12.5. The molecule has 5 heterocycles. The minimum atomic E-state index is -1.21. The molecule has 3 aliphatic rings. The summed E-state index contributed by atoms with van der Waals surface area (Å²) < 4.78 is 12.8. The zero-order chi connectivity index (χ0) is 25.0. The molecule has 192 valence electrons. The van der Waals surface area contributed by atoms with Gasteiger partial charge in [-0.3, -0.25) is 4.57 Å². The third-order valence-corrected chi connectivity index (χ3v) is 7.34. The first-order valence-corrected chi connectivity index (χ1v) is 12.1. The smallest absolute Gasteiger partial charge is 0.410 e. The molecule has 0 radical (unpaired) electrons. The van der Waals surface area contributed by atoms with Crippen molar-refractivity contribution in [2.24, 2.45) is 5.41 Å². The number of aliphatic hydroxyl groups is 3. The van der Waals surface area contributed by atoms with E-state index in [-0.39, 0.29) is 11.5 Å². The predicted molar refractivity (Wildman–Crippen MR) is 125 cm³/mol. The molecule has 12 nitrogen and oxygen atoms in total. The van der Waals surface area contributed by atoms with E-state index in [9.17, 15) is 20.1 Å². The largest absolute Gasteiger partial charge is 0.444 e. The number of ether oxygens (including phenoxy) is 2. The molecular weight excluding hydrogens is 456 g/mol. The van der Waals surface area contributed by atoms with Crippen molar-refractivity contribution in [3.8, 4) is 0 Å². The Morgan fingerprint density at radius 3 is 2.51 bits per heavy atom. The molecule has 3 fully saturated rings. The Labute approximate surface area is 203 Å². The third-order valence-electron chi connectivity index (χ3n) is 7.34. The number of aromatic nitrogens is 4. The van der Waals surface area contributed by atoms with Crippen LogP contribution in [0.1, 0.15) is 46.3 Å². The fraction of sp³-hybridized carbons (Fsp3) is 0.739. The zero-order valence-corrected chi connectivity index (χ0v) is 20.4. The number of carbonyl (C=O) groups is 1. The molecule has 35 heavy (non-hydrogen) atoms. The summed E-state index contributed by atoms with van der Waals surface area (Å²) >= 11 is 0. The Morgan fingerprint density at radius 2 is 1.86 bits per heavy atom. The van der Waals surface area contributed by atoms with E-state index in [1.54, 1.807) is 4.57 Å². The molecule has 0 unspecified atom stereocenters. The van der Waals surface area contributed by atoms with E-state index < -0.39 is 36.7 Å². The molecule has 3 aliphatic heterocycles. The Hall–Kier alpha value is -2.54. The number of amides is 1. The SMILES string of the molecule is CC(C)(C)OC(=O)N1CCC2(CCN(c3ncnc4c3ncn4[C@@H]3O[C@H](CO)[C@@H](O)[C@H]3O)CC2)C1. The molecule has 2 aromatic heterocycles. The van der Waals surface area contributed by atoms with Crippen molar-refractivity contribution in [2.75, 3.05) is 37.7 Å². The number of imidazole rings is 1. The van der Waals surface area contributed by atoms with Crippen LogP contribution in [0, 0.1) is 5.41 Å². The van der Waals surface area contributed by atoms with Crippen LogP contribution in [0.2, 0.25) is 0 Å². The zero-order valence-electron chi connectivity index (χ0n) is 20.4. The van der Waals surface area contributed by atoms with Crippen LogP contribution in [-0.2, 0) is 9.47 Å². The van der Waals surface area contributed by atoms with Gasteiger partial charge in [-0.15, -0.1) is 0 Å². The van der Waals surface area contributed by atoms with Crippen LogP contribution in [0.15, 0.2) is 12.7 Å². The predicted octanol–water partition coefficient (Wildman–Crippen LogP) is 0.665. The highest BCUT2D eigenvalue weighted by atomic mass is 16.6. The first kappa shape index (κ1) is 24.2. The molecule has 4 atom stereocenters. The summed E-state index contributed by atoms with van der Waals surface area (Å²) in [6.45, 7) is 8.20. The van der Waals surface area contributed by atoms with Gasteiger partial charge in [-0.1, -0.05) is 0 Å². The first-order chi connectivity index (χ1) is 16.6. The summed E-state index contributed by atoms with van der Waals surface area (Å²) in [4.78, 5) is 29.9. The van der Waals surface area contributed by atoms with E-state index in [1.807, 2.05) is 25.7 Å². The molecule has 3 saturated heterocycles. The van der Waals surface area contributed by atoms with E-state index >= 15 is 0 Å². The van der Waals surface area contributed by atoms with Crippen molar-refractivity contribution in [2.45, 2.75) is 70.2 Å². The second kappa shape index (κ2) is 8.84. The van der Waals surface area contributed by atoms with Crippen LogP contribution in [0.3, 0.4) is 0 Å². The highest BCUT2D eigenvalue weighted by molar-refractivity contribution is 5.83. The van der Waals surface area contributed by atoms with Gasteiger partial charge in [0.25, 0.3) is 0 Å². The molecule has 5 rings (SSSR count). The van der Waals surface area contributed by atoms with Gasteiger partial charge in [-0.2, -0.15) is 0 Å².